The first kappa shape index (κ1) is 41.1. The van der Waals surface area contributed by atoms with Crippen molar-refractivity contribution < 1.29 is 38.8 Å². The Hall–Kier alpha value is -4.63. The Kier molecular flexibility index (Phi) is 16.0. The van der Waals surface area contributed by atoms with Crippen LogP contribution in [0.3, 0.4) is 0 Å². The van der Waals surface area contributed by atoms with Gasteiger partial charge in [0.2, 0.25) is 0 Å². The number of carbonyl (C=O) groups is 3. The number of cyclic esters (lactones) is 1. The molecular weight excluding hydrogens is 670 g/mol. The molecule has 0 aliphatic carbocycles. The second-order valence-electron chi connectivity index (χ2n) is 14.1. The number of benzene rings is 3. The Morgan fingerprint density at radius 2 is 1.43 bits per heavy atom. The van der Waals surface area contributed by atoms with Crippen LogP contribution in [0.4, 0.5) is 5.69 Å². The van der Waals surface area contributed by atoms with Crippen LogP contribution in [0.2, 0.25) is 0 Å². The third-order valence-electron chi connectivity index (χ3n) is 10.2. The fourth-order valence-electron chi connectivity index (χ4n) is 6.73. The monoisotopic (exact) mass is 727 g/mol. The molecule has 0 radical (unpaired) electrons. The fraction of sp³-hybridized carbons (Fsp3) is 0.477. The van der Waals surface area contributed by atoms with Gasteiger partial charge in [-0.1, -0.05) is 115 Å². The highest BCUT2D eigenvalue weighted by molar-refractivity contribution is 6.15. The lowest BCUT2D eigenvalue weighted by Gasteiger charge is -2.33. The molecule has 0 aromatic heterocycles. The van der Waals surface area contributed by atoms with Gasteiger partial charge in [-0.3, -0.25) is 4.79 Å². The van der Waals surface area contributed by atoms with Crippen LogP contribution >= 0.6 is 0 Å². The van der Waals surface area contributed by atoms with Crippen LogP contribution in [0.5, 0.6) is 5.75 Å². The minimum absolute atomic E-state index is 0.0195. The van der Waals surface area contributed by atoms with E-state index in [0.29, 0.717) is 11.8 Å². The van der Waals surface area contributed by atoms with E-state index in [1.165, 1.54) is 25.0 Å². The lowest BCUT2D eigenvalue weighted by atomic mass is 9.94. The summed E-state index contributed by atoms with van der Waals surface area (Å²) in [6.07, 6.45) is 6.50. The Morgan fingerprint density at radius 1 is 0.830 bits per heavy atom. The summed E-state index contributed by atoms with van der Waals surface area (Å²) in [5.74, 6) is -0.947. The van der Waals surface area contributed by atoms with Gasteiger partial charge in [-0.05, 0) is 55.4 Å². The molecule has 53 heavy (non-hydrogen) atoms. The van der Waals surface area contributed by atoms with Crippen molar-refractivity contribution in [1.82, 2.24) is 0 Å². The molecule has 3 aromatic carbocycles. The van der Waals surface area contributed by atoms with Crippen molar-refractivity contribution in [2.24, 2.45) is 11.8 Å². The number of hydrogen-bond acceptors (Lipinski definition) is 9. The molecule has 0 amide bonds. The van der Waals surface area contributed by atoms with Crippen molar-refractivity contribution in [2.75, 3.05) is 24.6 Å². The zero-order valence-corrected chi connectivity index (χ0v) is 32.0. The van der Waals surface area contributed by atoms with Gasteiger partial charge in [-0.15, -0.1) is 0 Å². The standard InChI is InChI=1S/C44H57NO8/c1-6-10-17-31(8-3)26-45(27-32(9-4)18-11-7-2)34-23-24-37(38(46)25-34)40(48)35-21-15-16-22-36(35)44(50)52-29-39(47)42-41(30(5)43(49)53-42)51-28-33-19-13-12-14-20-33/h12-16,19-25,31-32,39,42,46-47H,6-11,17-18,26-29H2,1-5H3/t31?,32?,39-,42+/m0/s1. The largest absolute Gasteiger partial charge is 0.507 e. The van der Waals surface area contributed by atoms with Crippen LogP contribution in [0.1, 0.15) is 118 Å². The number of esters is 2. The van der Waals surface area contributed by atoms with Crippen LogP contribution < -0.4 is 4.90 Å². The molecule has 1 aliphatic heterocycles. The molecule has 0 bridgehead atoms. The fourth-order valence-corrected chi connectivity index (χ4v) is 6.73. The smallest absolute Gasteiger partial charge is 0.338 e. The highest BCUT2D eigenvalue weighted by atomic mass is 16.6. The number of nitrogens with zero attached hydrogens (tertiary/aromatic N) is 1. The van der Waals surface area contributed by atoms with Crippen molar-refractivity contribution in [1.29, 1.82) is 0 Å². The number of unbranched alkanes of at least 4 members (excludes halogenated alkanes) is 2. The number of carbonyl (C=O) groups excluding carboxylic acids is 3. The molecule has 1 aliphatic rings. The molecule has 9 nitrogen and oxygen atoms in total. The topological polar surface area (TPSA) is 123 Å². The van der Waals surface area contributed by atoms with Crippen molar-refractivity contribution in [2.45, 2.75) is 105 Å². The van der Waals surface area contributed by atoms with Gasteiger partial charge in [0, 0.05) is 30.4 Å². The number of rotatable bonds is 22. The number of anilines is 1. The highest BCUT2D eigenvalue weighted by Gasteiger charge is 2.39. The maximum absolute atomic E-state index is 13.9. The Balaban J connectivity index is 1.48. The van der Waals surface area contributed by atoms with E-state index in [2.05, 4.69) is 32.6 Å². The zero-order chi connectivity index (χ0) is 38.3. The molecule has 0 saturated carbocycles. The molecule has 2 N–H and O–H groups in total. The maximum atomic E-state index is 13.9. The lowest BCUT2D eigenvalue weighted by Crippen LogP contribution is -2.34. The number of ether oxygens (including phenoxy) is 3. The van der Waals surface area contributed by atoms with Crippen molar-refractivity contribution in [3.05, 3.63) is 106 Å². The molecule has 0 fully saturated rings. The van der Waals surface area contributed by atoms with Crippen LogP contribution in [-0.4, -0.2) is 59.8 Å². The molecule has 4 atom stereocenters. The van der Waals surface area contributed by atoms with E-state index in [1.807, 2.05) is 36.4 Å². The maximum Gasteiger partial charge on any atom is 0.338 e. The van der Waals surface area contributed by atoms with Crippen LogP contribution in [0.15, 0.2) is 84.1 Å². The number of ketones is 1. The van der Waals surface area contributed by atoms with E-state index >= 15 is 0 Å². The van der Waals surface area contributed by atoms with E-state index in [-0.39, 0.29) is 40.4 Å². The predicted octanol–water partition coefficient (Wildman–Crippen LogP) is 8.80. The van der Waals surface area contributed by atoms with Gasteiger partial charge in [0.15, 0.2) is 17.6 Å². The number of aliphatic hydroxyl groups is 1. The lowest BCUT2D eigenvalue weighted by molar-refractivity contribution is -0.146. The molecule has 2 unspecified atom stereocenters. The highest BCUT2D eigenvalue weighted by Crippen LogP contribution is 2.31. The quantitative estimate of drug-likeness (QED) is 0.0772. The number of phenolic OH excluding ortho intramolecular Hbond substituents is 1. The van der Waals surface area contributed by atoms with Gasteiger partial charge >= 0.3 is 11.9 Å². The SMILES string of the molecule is CCCCC(CC)CN(CC(CC)CCCC)c1ccc(C(=O)c2ccccc2C(=O)OC[C@H](O)[C@H]2OC(=O)C(C)=C2OCc2ccccc2)c(O)c1. The third-order valence-corrected chi connectivity index (χ3v) is 10.2. The van der Waals surface area contributed by atoms with Crippen molar-refractivity contribution in [3.63, 3.8) is 0 Å². The first-order chi connectivity index (χ1) is 25.6. The number of phenols is 1. The van der Waals surface area contributed by atoms with Crippen molar-refractivity contribution in [3.8, 4) is 5.75 Å². The van der Waals surface area contributed by atoms with Crippen LogP contribution in [-0.2, 0) is 25.6 Å². The van der Waals surface area contributed by atoms with Crippen molar-refractivity contribution >= 4 is 23.4 Å². The zero-order valence-electron chi connectivity index (χ0n) is 32.0. The minimum atomic E-state index is -1.42. The molecule has 4 rings (SSSR count). The summed E-state index contributed by atoms with van der Waals surface area (Å²) < 4.78 is 16.7. The van der Waals surface area contributed by atoms with E-state index in [4.69, 9.17) is 14.2 Å². The second kappa shape index (κ2) is 20.6. The summed E-state index contributed by atoms with van der Waals surface area (Å²) in [5.41, 5.74) is 2.07. The van der Waals surface area contributed by atoms with Gasteiger partial charge in [0.1, 0.15) is 25.1 Å². The minimum Gasteiger partial charge on any atom is -0.507 e. The molecule has 9 heteroatoms. The Labute approximate surface area is 315 Å². The number of aromatic hydroxyl groups is 1. The van der Waals surface area contributed by atoms with Gasteiger partial charge in [0.05, 0.1) is 16.7 Å². The van der Waals surface area contributed by atoms with Gasteiger partial charge in [-0.25, -0.2) is 9.59 Å². The summed E-state index contributed by atoms with van der Waals surface area (Å²) in [4.78, 5) is 42.0. The van der Waals surface area contributed by atoms with Crippen LogP contribution in [0.25, 0.3) is 0 Å². The number of aliphatic hydroxyl groups excluding tert-OH is 1. The summed E-state index contributed by atoms with van der Waals surface area (Å²) >= 11 is 0. The first-order valence-electron chi connectivity index (χ1n) is 19.3. The average Bonchev–Trinajstić information content (AvgIpc) is 3.47. The molecule has 3 aromatic rings. The van der Waals surface area contributed by atoms with Gasteiger partial charge in [0.25, 0.3) is 0 Å². The molecule has 0 saturated heterocycles. The Morgan fingerprint density at radius 3 is 2.02 bits per heavy atom. The summed E-state index contributed by atoms with van der Waals surface area (Å²) in [5, 5.41) is 22.3. The van der Waals surface area contributed by atoms with E-state index < -0.39 is 36.5 Å². The summed E-state index contributed by atoms with van der Waals surface area (Å²) in [6, 6.07) is 20.8. The second-order valence-corrected chi connectivity index (χ2v) is 14.1. The van der Waals surface area contributed by atoms with Crippen LogP contribution in [0, 0.1) is 11.8 Å². The molecular formula is C44H57NO8. The van der Waals surface area contributed by atoms with E-state index in [1.54, 1.807) is 31.2 Å². The number of hydrogen-bond donors (Lipinski definition) is 2. The predicted molar refractivity (Wildman–Crippen MR) is 207 cm³/mol. The Bertz CT molecular complexity index is 1670. The molecule has 1 heterocycles. The molecule has 0 spiro atoms. The third kappa shape index (κ3) is 11.2. The normalized spacial score (nSPS) is 15.8. The van der Waals surface area contributed by atoms with E-state index in [0.717, 1.165) is 62.9 Å². The van der Waals surface area contributed by atoms with Gasteiger partial charge in [-0.2, -0.15) is 0 Å². The summed E-state index contributed by atoms with van der Waals surface area (Å²) in [6.45, 7) is 11.8. The average molecular weight is 728 g/mol. The molecule has 286 valence electrons. The first-order valence-corrected chi connectivity index (χ1v) is 19.3. The van der Waals surface area contributed by atoms with E-state index in [9.17, 15) is 24.6 Å². The summed E-state index contributed by atoms with van der Waals surface area (Å²) in [7, 11) is 0. The van der Waals surface area contributed by atoms with Gasteiger partial charge < -0.3 is 29.3 Å².